The molecule has 0 bridgehead atoms. The Labute approximate surface area is 113 Å². The zero-order valence-corrected chi connectivity index (χ0v) is 11.4. The van der Waals surface area contributed by atoms with Gasteiger partial charge in [-0.3, -0.25) is 0 Å². The Bertz CT molecular complexity index is 523. The van der Waals surface area contributed by atoms with Gasteiger partial charge in [0.1, 0.15) is 5.82 Å². The number of nitrogens with zero attached hydrogens (tertiary/aromatic N) is 1. The minimum absolute atomic E-state index is 0.199. The van der Waals surface area contributed by atoms with Crippen LogP contribution in [0, 0.1) is 12.7 Å². The molecule has 2 rings (SSSR count). The van der Waals surface area contributed by atoms with Gasteiger partial charge in [-0.1, -0.05) is 12.1 Å². The molecule has 0 aliphatic heterocycles. The third-order valence-corrected chi connectivity index (χ3v) is 3.06. The van der Waals surface area contributed by atoms with E-state index in [0.29, 0.717) is 0 Å². The Morgan fingerprint density at radius 3 is 2.53 bits per heavy atom. The highest BCUT2D eigenvalue weighted by atomic mass is 19.1. The first-order valence-electron chi connectivity index (χ1n) is 6.42. The lowest BCUT2D eigenvalue weighted by Crippen LogP contribution is -2.24. The molecule has 0 saturated carbocycles. The minimum Gasteiger partial charge on any atom is -0.383 e. The molecule has 0 fully saturated rings. The monoisotopic (exact) mass is 258 g/mol. The highest BCUT2D eigenvalue weighted by Crippen LogP contribution is 2.13. The van der Waals surface area contributed by atoms with Crippen molar-refractivity contribution in [3.63, 3.8) is 0 Å². The average Bonchev–Trinajstić information content (AvgIpc) is 2.39. The Morgan fingerprint density at radius 2 is 1.84 bits per heavy atom. The number of likely N-dealkylation sites (N-methyl/N-ethyl adjacent to an activating group) is 1. The van der Waals surface area contributed by atoms with Crippen LogP contribution in [0.1, 0.15) is 5.56 Å². The molecular weight excluding hydrogens is 239 g/mol. The topological polar surface area (TPSA) is 15.3 Å². The SMILES string of the molecule is Cc1cccc(NCCN(C)c2ccc(F)cc2)c1. The molecule has 0 amide bonds. The quantitative estimate of drug-likeness (QED) is 0.880. The highest BCUT2D eigenvalue weighted by molar-refractivity contribution is 5.47. The molecule has 1 N–H and O–H groups in total. The fourth-order valence-corrected chi connectivity index (χ4v) is 1.95. The van der Waals surface area contributed by atoms with Gasteiger partial charge in [0.2, 0.25) is 0 Å². The third kappa shape index (κ3) is 3.98. The van der Waals surface area contributed by atoms with E-state index < -0.39 is 0 Å². The molecule has 2 aromatic rings. The molecule has 0 spiro atoms. The molecule has 3 heteroatoms. The molecule has 0 heterocycles. The second kappa shape index (κ2) is 6.23. The molecule has 0 atom stereocenters. The van der Waals surface area contributed by atoms with Crippen molar-refractivity contribution >= 4 is 11.4 Å². The maximum absolute atomic E-state index is 12.8. The van der Waals surface area contributed by atoms with Crippen LogP contribution in [0.5, 0.6) is 0 Å². The molecular formula is C16H19FN2. The fraction of sp³-hybridized carbons (Fsp3) is 0.250. The van der Waals surface area contributed by atoms with Crippen LogP contribution in [0.4, 0.5) is 15.8 Å². The number of anilines is 2. The summed E-state index contributed by atoms with van der Waals surface area (Å²) < 4.78 is 12.8. The Hall–Kier alpha value is -2.03. The minimum atomic E-state index is -0.199. The van der Waals surface area contributed by atoms with Crippen LogP contribution in [0.15, 0.2) is 48.5 Å². The number of aryl methyl sites for hydroxylation is 1. The summed E-state index contributed by atoms with van der Waals surface area (Å²) in [5, 5.41) is 3.38. The van der Waals surface area contributed by atoms with Crippen LogP contribution in [0.3, 0.4) is 0 Å². The van der Waals surface area contributed by atoms with Crippen molar-refractivity contribution in [3.05, 3.63) is 59.9 Å². The first-order chi connectivity index (χ1) is 9.15. The van der Waals surface area contributed by atoms with Gasteiger partial charge in [0.25, 0.3) is 0 Å². The average molecular weight is 258 g/mol. The fourth-order valence-electron chi connectivity index (χ4n) is 1.95. The molecule has 0 radical (unpaired) electrons. The smallest absolute Gasteiger partial charge is 0.123 e. The Balaban J connectivity index is 1.84. The summed E-state index contributed by atoms with van der Waals surface area (Å²) >= 11 is 0. The molecule has 0 aliphatic carbocycles. The van der Waals surface area contributed by atoms with Crippen LogP contribution in [0.2, 0.25) is 0 Å². The van der Waals surface area contributed by atoms with Crippen molar-refractivity contribution in [1.82, 2.24) is 0 Å². The van der Waals surface area contributed by atoms with Crippen LogP contribution >= 0.6 is 0 Å². The number of hydrogen-bond donors (Lipinski definition) is 1. The van der Waals surface area contributed by atoms with Crippen molar-refractivity contribution in [2.75, 3.05) is 30.4 Å². The van der Waals surface area contributed by atoms with E-state index in [9.17, 15) is 4.39 Å². The van der Waals surface area contributed by atoms with Crippen molar-refractivity contribution in [1.29, 1.82) is 0 Å². The summed E-state index contributed by atoms with van der Waals surface area (Å²) in [5.41, 5.74) is 3.40. The predicted octanol–water partition coefficient (Wildman–Crippen LogP) is 3.68. The molecule has 0 aromatic heterocycles. The lowest BCUT2D eigenvalue weighted by atomic mass is 10.2. The summed E-state index contributed by atoms with van der Waals surface area (Å²) in [6.07, 6.45) is 0. The molecule has 0 aliphatic rings. The first kappa shape index (κ1) is 13.4. The van der Waals surface area contributed by atoms with Gasteiger partial charge in [0.15, 0.2) is 0 Å². The van der Waals surface area contributed by atoms with E-state index in [1.54, 1.807) is 12.1 Å². The second-order valence-electron chi connectivity index (χ2n) is 4.69. The number of hydrogen-bond acceptors (Lipinski definition) is 2. The number of rotatable bonds is 5. The van der Waals surface area contributed by atoms with Crippen LogP contribution in [0.25, 0.3) is 0 Å². The summed E-state index contributed by atoms with van der Waals surface area (Å²) in [5.74, 6) is -0.199. The highest BCUT2D eigenvalue weighted by Gasteiger charge is 2.00. The zero-order chi connectivity index (χ0) is 13.7. The standard InChI is InChI=1S/C16H19FN2/c1-13-4-3-5-15(12-13)18-10-11-19(2)16-8-6-14(17)7-9-16/h3-9,12,18H,10-11H2,1-2H3. The summed E-state index contributed by atoms with van der Waals surface area (Å²) in [7, 11) is 2.01. The summed E-state index contributed by atoms with van der Waals surface area (Å²) in [4.78, 5) is 2.10. The number of benzene rings is 2. The van der Waals surface area contributed by atoms with E-state index in [2.05, 4.69) is 35.3 Å². The van der Waals surface area contributed by atoms with Crippen LogP contribution in [-0.2, 0) is 0 Å². The van der Waals surface area contributed by atoms with Gasteiger partial charge in [0.05, 0.1) is 0 Å². The van der Waals surface area contributed by atoms with Gasteiger partial charge in [0, 0.05) is 31.5 Å². The van der Waals surface area contributed by atoms with Crippen molar-refractivity contribution in [2.45, 2.75) is 6.92 Å². The van der Waals surface area contributed by atoms with E-state index in [-0.39, 0.29) is 5.82 Å². The van der Waals surface area contributed by atoms with E-state index >= 15 is 0 Å². The largest absolute Gasteiger partial charge is 0.383 e. The number of nitrogens with one attached hydrogen (secondary N) is 1. The number of halogens is 1. The van der Waals surface area contributed by atoms with Gasteiger partial charge < -0.3 is 10.2 Å². The van der Waals surface area contributed by atoms with E-state index in [1.165, 1.54) is 17.7 Å². The molecule has 0 unspecified atom stereocenters. The first-order valence-corrected chi connectivity index (χ1v) is 6.42. The molecule has 0 saturated heterocycles. The normalized spacial score (nSPS) is 10.3. The van der Waals surface area contributed by atoms with E-state index in [4.69, 9.17) is 0 Å². The van der Waals surface area contributed by atoms with E-state index in [1.807, 2.05) is 13.1 Å². The molecule has 2 aromatic carbocycles. The molecule has 19 heavy (non-hydrogen) atoms. The van der Waals surface area contributed by atoms with Crippen LogP contribution < -0.4 is 10.2 Å². The summed E-state index contributed by atoms with van der Waals surface area (Å²) in [6.45, 7) is 3.78. The van der Waals surface area contributed by atoms with E-state index in [0.717, 1.165) is 24.5 Å². The lowest BCUT2D eigenvalue weighted by Gasteiger charge is -2.19. The van der Waals surface area contributed by atoms with Crippen molar-refractivity contribution in [2.24, 2.45) is 0 Å². The van der Waals surface area contributed by atoms with Gasteiger partial charge in [-0.25, -0.2) is 4.39 Å². The van der Waals surface area contributed by atoms with Crippen molar-refractivity contribution in [3.8, 4) is 0 Å². The molecule has 2 nitrogen and oxygen atoms in total. The van der Waals surface area contributed by atoms with Gasteiger partial charge >= 0.3 is 0 Å². The molecule has 100 valence electrons. The Kier molecular flexibility index (Phi) is 4.39. The second-order valence-corrected chi connectivity index (χ2v) is 4.69. The third-order valence-electron chi connectivity index (χ3n) is 3.06. The predicted molar refractivity (Wildman–Crippen MR) is 79.3 cm³/mol. The zero-order valence-electron chi connectivity index (χ0n) is 11.4. The maximum Gasteiger partial charge on any atom is 0.123 e. The maximum atomic E-state index is 12.8. The Morgan fingerprint density at radius 1 is 1.11 bits per heavy atom. The summed E-state index contributed by atoms with van der Waals surface area (Å²) in [6, 6.07) is 14.9. The van der Waals surface area contributed by atoms with Gasteiger partial charge in [-0.2, -0.15) is 0 Å². The van der Waals surface area contributed by atoms with Crippen molar-refractivity contribution < 1.29 is 4.39 Å². The lowest BCUT2D eigenvalue weighted by molar-refractivity contribution is 0.627. The van der Waals surface area contributed by atoms with Crippen LogP contribution in [-0.4, -0.2) is 20.1 Å². The van der Waals surface area contributed by atoms with Gasteiger partial charge in [-0.05, 0) is 48.9 Å². The van der Waals surface area contributed by atoms with Gasteiger partial charge in [-0.15, -0.1) is 0 Å².